The summed E-state index contributed by atoms with van der Waals surface area (Å²) in [6, 6.07) is 6.21. The average molecular weight is 260 g/mol. The molecule has 2 aromatic rings. The van der Waals surface area contributed by atoms with E-state index in [-0.39, 0.29) is 6.61 Å². The van der Waals surface area contributed by atoms with E-state index in [1.54, 1.807) is 18.2 Å². The Kier molecular flexibility index (Phi) is 3.75. The summed E-state index contributed by atoms with van der Waals surface area (Å²) in [5, 5.41) is 0. The van der Waals surface area contributed by atoms with E-state index in [0.29, 0.717) is 16.8 Å². The van der Waals surface area contributed by atoms with Gasteiger partial charge in [0.15, 0.2) is 0 Å². The van der Waals surface area contributed by atoms with Crippen LogP contribution in [-0.2, 0) is 11.3 Å². The Morgan fingerprint density at radius 2 is 2.16 bits per heavy atom. The van der Waals surface area contributed by atoms with Crippen LogP contribution in [0, 0.1) is 12.7 Å². The highest BCUT2D eigenvalue weighted by Gasteiger charge is 2.09. The Morgan fingerprint density at radius 1 is 1.37 bits per heavy atom. The molecular weight excluding hydrogens is 247 g/mol. The fourth-order valence-electron chi connectivity index (χ4n) is 1.53. The number of nitrogens with zero attached hydrogens (tertiary/aromatic N) is 1. The molecule has 0 aliphatic heterocycles. The van der Waals surface area contributed by atoms with Crippen molar-refractivity contribution < 1.29 is 13.9 Å². The van der Waals surface area contributed by atoms with Crippen molar-refractivity contribution in [2.45, 2.75) is 13.5 Å². The van der Waals surface area contributed by atoms with E-state index in [2.05, 4.69) is 4.98 Å². The predicted octanol–water partition coefficient (Wildman–Crippen LogP) is 2.47. The lowest BCUT2D eigenvalue weighted by Gasteiger charge is -2.06. The number of benzene rings is 1. The van der Waals surface area contributed by atoms with Crippen molar-refractivity contribution >= 4 is 11.7 Å². The van der Waals surface area contributed by atoms with Crippen LogP contribution in [0.3, 0.4) is 0 Å². The van der Waals surface area contributed by atoms with Crippen LogP contribution in [-0.4, -0.2) is 11.0 Å². The van der Waals surface area contributed by atoms with Gasteiger partial charge < -0.3 is 10.5 Å². The molecule has 0 unspecified atom stereocenters. The quantitative estimate of drug-likeness (QED) is 0.680. The van der Waals surface area contributed by atoms with Crippen molar-refractivity contribution in [2.75, 3.05) is 5.73 Å². The first kappa shape index (κ1) is 13.0. The molecule has 0 amide bonds. The van der Waals surface area contributed by atoms with Crippen LogP contribution in [0.2, 0.25) is 0 Å². The van der Waals surface area contributed by atoms with Crippen molar-refractivity contribution in [2.24, 2.45) is 0 Å². The summed E-state index contributed by atoms with van der Waals surface area (Å²) in [5.41, 5.74) is 8.00. The second-order valence-electron chi connectivity index (χ2n) is 4.16. The fraction of sp³-hybridized carbons (Fsp3) is 0.143. The minimum Gasteiger partial charge on any atom is -0.457 e. The minimum atomic E-state index is -0.504. The molecule has 0 bridgehead atoms. The van der Waals surface area contributed by atoms with Gasteiger partial charge in [0.25, 0.3) is 0 Å². The van der Waals surface area contributed by atoms with Crippen LogP contribution in [0.25, 0.3) is 0 Å². The zero-order chi connectivity index (χ0) is 13.8. The molecule has 2 rings (SSSR count). The molecular formula is C14H13FN2O2. The van der Waals surface area contributed by atoms with Gasteiger partial charge in [-0.05, 0) is 30.7 Å². The first-order valence-electron chi connectivity index (χ1n) is 5.69. The number of aromatic nitrogens is 1. The van der Waals surface area contributed by atoms with Crippen molar-refractivity contribution in [1.82, 2.24) is 4.98 Å². The number of carbonyl (C=O) groups is 1. The Bertz CT molecular complexity index is 614. The Morgan fingerprint density at radius 3 is 2.84 bits per heavy atom. The molecule has 2 N–H and O–H groups in total. The molecule has 1 aromatic carbocycles. The molecule has 0 saturated carbocycles. The summed E-state index contributed by atoms with van der Waals surface area (Å²) in [4.78, 5) is 15.4. The van der Waals surface area contributed by atoms with Crippen molar-refractivity contribution in [3.63, 3.8) is 0 Å². The summed E-state index contributed by atoms with van der Waals surface area (Å²) >= 11 is 0. The number of anilines is 1. The lowest BCUT2D eigenvalue weighted by atomic mass is 10.1. The molecule has 5 heteroatoms. The topological polar surface area (TPSA) is 65.2 Å². The van der Waals surface area contributed by atoms with E-state index in [9.17, 15) is 9.18 Å². The number of halogens is 1. The van der Waals surface area contributed by atoms with Crippen LogP contribution >= 0.6 is 0 Å². The first-order valence-corrected chi connectivity index (χ1v) is 5.69. The molecule has 98 valence electrons. The smallest absolute Gasteiger partial charge is 0.338 e. The highest BCUT2D eigenvalue weighted by molar-refractivity contribution is 5.90. The van der Waals surface area contributed by atoms with Gasteiger partial charge in [0.05, 0.1) is 11.8 Å². The number of ether oxygens (including phenoxy) is 1. The number of nitrogen functional groups attached to an aromatic ring is 1. The van der Waals surface area contributed by atoms with Gasteiger partial charge in [0.2, 0.25) is 0 Å². The van der Waals surface area contributed by atoms with E-state index in [1.807, 2.05) is 6.92 Å². The summed E-state index contributed by atoms with van der Waals surface area (Å²) in [6.07, 6.45) is 2.53. The maximum atomic E-state index is 12.9. The van der Waals surface area contributed by atoms with Gasteiger partial charge in [-0.3, -0.25) is 4.98 Å². The van der Waals surface area contributed by atoms with Gasteiger partial charge in [-0.15, -0.1) is 0 Å². The summed E-state index contributed by atoms with van der Waals surface area (Å²) < 4.78 is 18.0. The lowest BCUT2D eigenvalue weighted by molar-refractivity contribution is 0.0472. The lowest BCUT2D eigenvalue weighted by Crippen LogP contribution is -2.06. The van der Waals surface area contributed by atoms with Gasteiger partial charge in [-0.1, -0.05) is 6.07 Å². The maximum absolute atomic E-state index is 12.9. The normalized spacial score (nSPS) is 10.2. The third-order valence-electron chi connectivity index (χ3n) is 2.65. The van der Waals surface area contributed by atoms with E-state index < -0.39 is 11.8 Å². The third kappa shape index (κ3) is 3.28. The standard InChI is InChI=1S/C14H13FN2O2/c1-9-2-3-11(5-13(9)16)14(18)19-8-10-4-12(15)7-17-6-10/h2-7H,8,16H2,1H3. The number of pyridine rings is 1. The van der Waals surface area contributed by atoms with Crippen molar-refractivity contribution in [3.05, 3.63) is 59.2 Å². The van der Waals surface area contributed by atoms with E-state index in [0.717, 1.165) is 11.8 Å². The number of hydrogen-bond donors (Lipinski definition) is 1. The molecule has 4 nitrogen and oxygen atoms in total. The number of nitrogens with two attached hydrogens (primary N) is 1. The second kappa shape index (κ2) is 5.48. The number of rotatable bonds is 3. The van der Waals surface area contributed by atoms with Crippen LogP contribution in [0.5, 0.6) is 0 Å². The first-order chi connectivity index (χ1) is 9.06. The van der Waals surface area contributed by atoms with Crippen LogP contribution in [0.1, 0.15) is 21.5 Å². The zero-order valence-electron chi connectivity index (χ0n) is 10.4. The van der Waals surface area contributed by atoms with Gasteiger partial charge in [0.1, 0.15) is 12.4 Å². The van der Waals surface area contributed by atoms with Crippen molar-refractivity contribution in [1.29, 1.82) is 0 Å². The average Bonchev–Trinajstić information content (AvgIpc) is 2.39. The Labute approximate surface area is 110 Å². The fourth-order valence-corrected chi connectivity index (χ4v) is 1.53. The van der Waals surface area contributed by atoms with E-state index in [1.165, 1.54) is 12.3 Å². The van der Waals surface area contributed by atoms with Gasteiger partial charge in [-0.2, -0.15) is 0 Å². The number of carbonyl (C=O) groups excluding carboxylic acids is 1. The van der Waals surface area contributed by atoms with Gasteiger partial charge >= 0.3 is 5.97 Å². The monoisotopic (exact) mass is 260 g/mol. The zero-order valence-corrected chi connectivity index (χ0v) is 10.4. The van der Waals surface area contributed by atoms with Gasteiger partial charge in [0, 0.05) is 17.4 Å². The number of esters is 1. The molecule has 0 fully saturated rings. The number of hydrogen-bond acceptors (Lipinski definition) is 4. The SMILES string of the molecule is Cc1ccc(C(=O)OCc2cncc(F)c2)cc1N. The minimum absolute atomic E-state index is 0.0304. The van der Waals surface area contributed by atoms with Crippen LogP contribution < -0.4 is 5.73 Å². The Hall–Kier alpha value is -2.43. The maximum Gasteiger partial charge on any atom is 0.338 e. The molecule has 0 radical (unpaired) electrons. The second-order valence-corrected chi connectivity index (χ2v) is 4.16. The van der Waals surface area contributed by atoms with Crippen LogP contribution in [0.15, 0.2) is 36.7 Å². The van der Waals surface area contributed by atoms with Gasteiger partial charge in [-0.25, -0.2) is 9.18 Å². The largest absolute Gasteiger partial charge is 0.457 e. The molecule has 19 heavy (non-hydrogen) atoms. The molecule has 1 aromatic heterocycles. The number of aryl methyl sites for hydroxylation is 1. The Balaban J connectivity index is 2.03. The van der Waals surface area contributed by atoms with Crippen molar-refractivity contribution in [3.8, 4) is 0 Å². The molecule has 1 heterocycles. The molecule has 0 aliphatic carbocycles. The summed E-state index contributed by atoms with van der Waals surface area (Å²) in [5.74, 6) is -0.968. The highest BCUT2D eigenvalue weighted by Crippen LogP contribution is 2.14. The van der Waals surface area contributed by atoms with Crippen LogP contribution in [0.4, 0.5) is 10.1 Å². The summed E-state index contributed by atoms with van der Waals surface area (Å²) in [6.45, 7) is 1.82. The predicted molar refractivity (Wildman–Crippen MR) is 68.9 cm³/mol. The molecule has 0 saturated heterocycles. The van der Waals surface area contributed by atoms with E-state index in [4.69, 9.17) is 10.5 Å². The summed E-state index contributed by atoms with van der Waals surface area (Å²) in [7, 11) is 0. The third-order valence-corrected chi connectivity index (χ3v) is 2.65. The molecule has 0 atom stereocenters. The van der Waals surface area contributed by atoms with E-state index >= 15 is 0 Å². The molecule has 0 spiro atoms. The molecule has 0 aliphatic rings. The highest BCUT2D eigenvalue weighted by atomic mass is 19.1.